The van der Waals surface area contributed by atoms with Crippen LogP contribution in [-0.4, -0.2) is 23.4 Å². The molecular formula is C13H19FN2O. The van der Waals surface area contributed by atoms with Crippen LogP contribution in [0.4, 0.5) is 4.39 Å². The van der Waals surface area contributed by atoms with Gasteiger partial charge in [0.15, 0.2) is 0 Å². The molecule has 0 radical (unpaired) electrons. The van der Waals surface area contributed by atoms with Crippen LogP contribution in [0.5, 0.6) is 0 Å². The van der Waals surface area contributed by atoms with Crippen LogP contribution in [0, 0.1) is 5.82 Å². The molecule has 0 aliphatic rings. The Balaban J connectivity index is 2.77. The van der Waals surface area contributed by atoms with Crippen LogP contribution < -0.4 is 5.73 Å². The zero-order chi connectivity index (χ0) is 13.1. The molecule has 0 bridgehead atoms. The summed E-state index contributed by atoms with van der Waals surface area (Å²) in [6.45, 7) is 3.78. The Labute approximate surface area is 101 Å². The number of likely N-dealkylation sites (N-methyl/N-ethyl adjacent to an activating group) is 1. The molecule has 0 saturated heterocycles. The Morgan fingerprint density at radius 3 is 2.59 bits per heavy atom. The van der Waals surface area contributed by atoms with Crippen molar-refractivity contribution in [2.45, 2.75) is 32.4 Å². The number of rotatable bonds is 4. The molecule has 0 saturated carbocycles. The highest BCUT2D eigenvalue weighted by atomic mass is 19.1. The van der Waals surface area contributed by atoms with Crippen molar-refractivity contribution < 1.29 is 9.18 Å². The minimum absolute atomic E-state index is 0.178. The summed E-state index contributed by atoms with van der Waals surface area (Å²) in [6.07, 6.45) is 0.549. The summed E-state index contributed by atoms with van der Waals surface area (Å²) in [5.41, 5.74) is 5.47. The van der Waals surface area contributed by atoms with E-state index < -0.39 is 5.54 Å². The van der Waals surface area contributed by atoms with Gasteiger partial charge >= 0.3 is 0 Å². The molecule has 0 spiro atoms. The highest BCUT2D eigenvalue weighted by Gasteiger charge is 2.29. The van der Waals surface area contributed by atoms with Gasteiger partial charge in [0, 0.05) is 19.2 Å². The zero-order valence-electron chi connectivity index (χ0n) is 10.5. The van der Waals surface area contributed by atoms with Crippen molar-refractivity contribution in [3.05, 3.63) is 35.6 Å². The molecule has 1 atom stereocenters. The minimum Gasteiger partial charge on any atom is -0.340 e. The molecule has 94 valence electrons. The molecule has 0 fully saturated rings. The lowest BCUT2D eigenvalue weighted by Crippen LogP contribution is -2.51. The van der Waals surface area contributed by atoms with Crippen molar-refractivity contribution in [1.29, 1.82) is 0 Å². The molecule has 17 heavy (non-hydrogen) atoms. The fourth-order valence-corrected chi connectivity index (χ4v) is 1.54. The van der Waals surface area contributed by atoms with Crippen LogP contribution in [0.3, 0.4) is 0 Å². The third-order valence-corrected chi connectivity index (χ3v) is 2.94. The predicted molar refractivity (Wildman–Crippen MR) is 65.8 cm³/mol. The Bertz CT molecular complexity index is 404. The summed E-state index contributed by atoms with van der Waals surface area (Å²) in [4.78, 5) is 13.5. The summed E-state index contributed by atoms with van der Waals surface area (Å²) in [6, 6.07) is 6.42. The van der Waals surface area contributed by atoms with E-state index in [1.54, 1.807) is 32.2 Å². The van der Waals surface area contributed by atoms with E-state index in [4.69, 9.17) is 5.73 Å². The maximum atomic E-state index is 13.4. The van der Waals surface area contributed by atoms with Crippen LogP contribution in [0.15, 0.2) is 24.3 Å². The average molecular weight is 238 g/mol. The molecule has 1 aromatic rings. The van der Waals surface area contributed by atoms with E-state index in [9.17, 15) is 9.18 Å². The molecule has 2 N–H and O–H groups in total. The predicted octanol–water partition coefficient (Wildman–Crippen LogP) is 1.91. The third-order valence-electron chi connectivity index (χ3n) is 2.94. The second kappa shape index (κ2) is 5.27. The smallest absolute Gasteiger partial charge is 0.242 e. The first-order valence-electron chi connectivity index (χ1n) is 5.66. The number of hydrogen-bond donors (Lipinski definition) is 1. The number of carbonyl (C=O) groups excluding carboxylic acids is 1. The lowest BCUT2D eigenvalue weighted by Gasteiger charge is -2.28. The second-order valence-corrected chi connectivity index (χ2v) is 4.52. The first-order valence-corrected chi connectivity index (χ1v) is 5.66. The first kappa shape index (κ1) is 13.6. The van der Waals surface area contributed by atoms with E-state index in [-0.39, 0.29) is 18.3 Å². The SMILES string of the molecule is CCC(C)(N)C(=O)N(C)Cc1ccccc1F. The van der Waals surface area contributed by atoms with Crippen LogP contribution in [0.1, 0.15) is 25.8 Å². The van der Waals surface area contributed by atoms with Gasteiger partial charge in [0.05, 0.1) is 5.54 Å². The summed E-state index contributed by atoms with van der Waals surface area (Å²) in [7, 11) is 1.63. The number of nitrogens with zero attached hydrogens (tertiary/aromatic N) is 1. The quantitative estimate of drug-likeness (QED) is 0.871. The van der Waals surface area contributed by atoms with Gasteiger partial charge in [-0.05, 0) is 19.4 Å². The van der Waals surface area contributed by atoms with Crippen LogP contribution in [0.2, 0.25) is 0 Å². The van der Waals surface area contributed by atoms with Crippen molar-refractivity contribution in [3.8, 4) is 0 Å². The van der Waals surface area contributed by atoms with Gasteiger partial charge in [-0.2, -0.15) is 0 Å². The second-order valence-electron chi connectivity index (χ2n) is 4.52. The topological polar surface area (TPSA) is 46.3 Å². The molecule has 4 heteroatoms. The molecule has 1 rings (SSSR count). The normalized spacial score (nSPS) is 14.2. The Hall–Kier alpha value is -1.42. The Kier molecular flexibility index (Phi) is 4.23. The van der Waals surface area contributed by atoms with Gasteiger partial charge in [0.25, 0.3) is 0 Å². The van der Waals surface area contributed by atoms with E-state index in [2.05, 4.69) is 0 Å². The van der Waals surface area contributed by atoms with E-state index >= 15 is 0 Å². The van der Waals surface area contributed by atoms with E-state index in [0.717, 1.165) is 0 Å². The third kappa shape index (κ3) is 3.27. The fraction of sp³-hybridized carbons (Fsp3) is 0.462. The number of benzene rings is 1. The maximum Gasteiger partial charge on any atom is 0.242 e. The van der Waals surface area contributed by atoms with Crippen molar-refractivity contribution in [2.75, 3.05) is 7.05 Å². The molecular weight excluding hydrogens is 219 g/mol. The maximum absolute atomic E-state index is 13.4. The minimum atomic E-state index is -0.889. The lowest BCUT2D eigenvalue weighted by molar-refractivity contribution is -0.135. The van der Waals surface area contributed by atoms with E-state index in [1.165, 1.54) is 11.0 Å². The molecule has 3 nitrogen and oxygen atoms in total. The Morgan fingerprint density at radius 2 is 2.06 bits per heavy atom. The fourth-order valence-electron chi connectivity index (χ4n) is 1.54. The van der Waals surface area contributed by atoms with Gasteiger partial charge in [0.1, 0.15) is 5.82 Å². The van der Waals surface area contributed by atoms with Gasteiger partial charge in [-0.25, -0.2) is 4.39 Å². The summed E-state index contributed by atoms with van der Waals surface area (Å²) < 4.78 is 13.4. The van der Waals surface area contributed by atoms with Crippen LogP contribution >= 0.6 is 0 Å². The molecule has 1 amide bonds. The molecule has 0 aliphatic heterocycles. The van der Waals surface area contributed by atoms with Gasteiger partial charge < -0.3 is 10.6 Å². The first-order chi connectivity index (χ1) is 7.88. The van der Waals surface area contributed by atoms with Crippen molar-refractivity contribution in [3.63, 3.8) is 0 Å². The number of hydrogen-bond acceptors (Lipinski definition) is 2. The summed E-state index contributed by atoms with van der Waals surface area (Å²) >= 11 is 0. The summed E-state index contributed by atoms with van der Waals surface area (Å²) in [5.74, 6) is -0.481. The van der Waals surface area contributed by atoms with Crippen LogP contribution in [0.25, 0.3) is 0 Å². The number of halogens is 1. The van der Waals surface area contributed by atoms with Crippen molar-refractivity contribution >= 4 is 5.91 Å². The molecule has 1 aromatic carbocycles. The lowest BCUT2D eigenvalue weighted by atomic mass is 9.98. The average Bonchev–Trinajstić information content (AvgIpc) is 2.31. The number of amides is 1. The largest absolute Gasteiger partial charge is 0.340 e. The molecule has 1 unspecified atom stereocenters. The van der Waals surface area contributed by atoms with Gasteiger partial charge in [0.2, 0.25) is 5.91 Å². The monoisotopic (exact) mass is 238 g/mol. The highest BCUT2D eigenvalue weighted by molar-refractivity contribution is 5.85. The van der Waals surface area contributed by atoms with Crippen molar-refractivity contribution in [2.24, 2.45) is 5.73 Å². The van der Waals surface area contributed by atoms with Gasteiger partial charge in [-0.15, -0.1) is 0 Å². The zero-order valence-corrected chi connectivity index (χ0v) is 10.5. The van der Waals surface area contributed by atoms with Gasteiger partial charge in [-0.1, -0.05) is 25.1 Å². The highest BCUT2D eigenvalue weighted by Crippen LogP contribution is 2.13. The molecule has 0 aliphatic carbocycles. The van der Waals surface area contributed by atoms with Crippen LogP contribution in [-0.2, 0) is 11.3 Å². The summed E-state index contributed by atoms with van der Waals surface area (Å²) in [5, 5.41) is 0. The number of carbonyl (C=O) groups is 1. The Morgan fingerprint density at radius 1 is 1.47 bits per heavy atom. The number of nitrogens with two attached hydrogens (primary N) is 1. The van der Waals surface area contributed by atoms with E-state index in [1.807, 2.05) is 6.92 Å². The molecule has 0 heterocycles. The van der Waals surface area contributed by atoms with E-state index in [0.29, 0.717) is 12.0 Å². The van der Waals surface area contributed by atoms with Gasteiger partial charge in [-0.3, -0.25) is 4.79 Å². The standard InChI is InChI=1S/C13H19FN2O/c1-4-13(2,15)12(17)16(3)9-10-7-5-6-8-11(10)14/h5-8H,4,9,15H2,1-3H3. The molecule has 0 aromatic heterocycles. The van der Waals surface area contributed by atoms with Crippen molar-refractivity contribution in [1.82, 2.24) is 4.90 Å².